The average Bonchev–Trinajstić information content (AvgIpc) is 0.722. The fourth-order valence-corrected chi connectivity index (χ4v) is 0. The minimum atomic E-state index is -4.67. The molecule has 0 aromatic carbocycles. The maximum atomic E-state index is 8.74. The molecule has 0 atom stereocenters. The summed E-state index contributed by atoms with van der Waals surface area (Å²) in [6.45, 7) is 0. The van der Waals surface area contributed by atoms with Gasteiger partial charge in [0.2, 0.25) is 0 Å². The minimum Gasteiger partial charge on any atom is -1.00 e. The van der Waals surface area contributed by atoms with Gasteiger partial charge in [0.05, 0.1) is 0 Å². The van der Waals surface area contributed by atoms with Crippen molar-refractivity contribution in [3.05, 3.63) is 0 Å². The zero-order valence-corrected chi connectivity index (χ0v) is 5.14. The molecule has 0 bridgehead atoms. The second-order valence-corrected chi connectivity index (χ2v) is 1.34. The van der Waals surface area contributed by atoms with Crippen molar-refractivity contribution in [1.82, 2.24) is 6.15 Å². The van der Waals surface area contributed by atoms with Gasteiger partial charge in [-0.15, -0.1) is 0 Å². The molecule has 0 aromatic rings. The normalized spacial score (nSPS) is 7.25. The maximum Gasteiger partial charge on any atom is 1.00 e. The van der Waals surface area contributed by atoms with Gasteiger partial charge in [-0.25, -0.2) is 0 Å². The Morgan fingerprint density at radius 1 is 1.25 bits per heavy atom. The first kappa shape index (κ1) is 23.8. The molecule has 0 aliphatic carbocycles. The van der Waals surface area contributed by atoms with E-state index in [2.05, 4.69) is 0 Å². The number of rotatable bonds is 0. The molecule has 0 amide bonds. The van der Waals surface area contributed by atoms with Crippen LogP contribution in [0.5, 0.6) is 0 Å². The molecule has 0 unspecified atom stereocenters. The molecular formula is H8LiNO5S. The van der Waals surface area contributed by atoms with Gasteiger partial charge in [0, 0.05) is 0 Å². The molecule has 50 valence electrons. The Morgan fingerprint density at radius 2 is 1.25 bits per heavy atom. The van der Waals surface area contributed by atoms with E-state index in [1.165, 1.54) is 0 Å². The van der Waals surface area contributed by atoms with Crippen molar-refractivity contribution >= 4 is 10.4 Å². The average molecular weight is 141 g/mol. The van der Waals surface area contributed by atoms with Crippen molar-refractivity contribution in [2.75, 3.05) is 0 Å². The van der Waals surface area contributed by atoms with E-state index < -0.39 is 10.4 Å². The monoisotopic (exact) mass is 141 g/mol. The van der Waals surface area contributed by atoms with Crippen molar-refractivity contribution in [2.45, 2.75) is 0 Å². The van der Waals surface area contributed by atoms with E-state index in [4.69, 9.17) is 17.5 Å². The SMILES string of the molecule is N.O.O=S(=O)(O)O.[H-].[Li+]. The Kier molecular flexibility index (Phi) is 22.0. The molecule has 0 fully saturated rings. The topological polar surface area (TPSA) is 141 Å². The van der Waals surface area contributed by atoms with Crippen molar-refractivity contribution < 1.29 is 43.3 Å². The van der Waals surface area contributed by atoms with Crippen LogP contribution in [0, 0.1) is 0 Å². The second kappa shape index (κ2) is 7.39. The molecule has 0 saturated carbocycles. The van der Waals surface area contributed by atoms with E-state index in [0.29, 0.717) is 0 Å². The summed E-state index contributed by atoms with van der Waals surface area (Å²) in [6.07, 6.45) is 0. The van der Waals surface area contributed by atoms with Crippen LogP contribution in [0.25, 0.3) is 0 Å². The third-order valence-corrected chi connectivity index (χ3v) is 0. The van der Waals surface area contributed by atoms with Gasteiger partial charge in [0.1, 0.15) is 0 Å². The molecule has 0 saturated heterocycles. The van der Waals surface area contributed by atoms with Crippen LogP contribution < -0.4 is 25.0 Å². The van der Waals surface area contributed by atoms with E-state index in [9.17, 15) is 0 Å². The molecule has 0 aliphatic heterocycles. The van der Waals surface area contributed by atoms with E-state index in [1.807, 2.05) is 0 Å². The first-order chi connectivity index (χ1) is 2.00. The van der Waals surface area contributed by atoms with Crippen molar-refractivity contribution in [1.29, 1.82) is 0 Å². The second-order valence-electron chi connectivity index (χ2n) is 0.448. The summed E-state index contributed by atoms with van der Waals surface area (Å²) in [5, 5.41) is 0. The first-order valence-corrected chi connectivity index (χ1v) is 2.10. The summed E-state index contributed by atoms with van der Waals surface area (Å²) < 4.78 is 31.6. The summed E-state index contributed by atoms with van der Waals surface area (Å²) >= 11 is 0. The van der Waals surface area contributed by atoms with Crippen LogP contribution in [0.1, 0.15) is 1.43 Å². The van der Waals surface area contributed by atoms with Crippen LogP contribution in [0.15, 0.2) is 0 Å². The van der Waals surface area contributed by atoms with Gasteiger partial charge in [0.25, 0.3) is 0 Å². The molecule has 8 heteroatoms. The molecule has 0 aromatic heterocycles. The molecule has 0 heterocycles. The molecule has 6 nitrogen and oxygen atoms in total. The Balaban J connectivity index is -0.0000000133. The van der Waals surface area contributed by atoms with Gasteiger partial charge < -0.3 is 13.1 Å². The molecule has 8 heavy (non-hydrogen) atoms. The maximum absolute atomic E-state index is 8.74. The predicted molar refractivity (Wildman–Crippen MR) is 23.9 cm³/mol. The Hall–Kier alpha value is 0.387. The molecule has 0 radical (unpaired) electrons. The molecule has 7 N–H and O–H groups in total. The van der Waals surface area contributed by atoms with Crippen LogP contribution in [0.4, 0.5) is 0 Å². The van der Waals surface area contributed by atoms with Crippen molar-refractivity contribution in [3.8, 4) is 0 Å². The van der Waals surface area contributed by atoms with Crippen LogP contribution >= 0.6 is 0 Å². The minimum absolute atomic E-state index is 0. The smallest absolute Gasteiger partial charge is 1.00 e. The summed E-state index contributed by atoms with van der Waals surface area (Å²) in [6, 6.07) is 0. The standard InChI is InChI=1S/Li.H3N.H2O4S.H2O.H/c;;1-5(2,3)4;;/h;1H3;(H2,1,2,3,4);1H2;/q+1;;;;-1. The Bertz CT molecular complexity index is 100. The van der Waals surface area contributed by atoms with Crippen LogP contribution in [0.2, 0.25) is 0 Å². The third kappa shape index (κ3) is 1240. The summed E-state index contributed by atoms with van der Waals surface area (Å²) in [5.74, 6) is 0. The van der Waals surface area contributed by atoms with E-state index >= 15 is 0 Å². The van der Waals surface area contributed by atoms with Crippen molar-refractivity contribution in [3.63, 3.8) is 0 Å². The van der Waals surface area contributed by atoms with E-state index in [1.54, 1.807) is 0 Å². The Labute approximate surface area is 60.4 Å². The predicted octanol–water partition coefficient (Wildman–Crippen LogP) is -4.20. The molecule has 0 spiro atoms. The quantitative estimate of drug-likeness (QED) is 0.231. The summed E-state index contributed by atoms with van der Waals surface area (Å²) in [5.41, 5.74) is 0. The number of hydrogen-bond acceptors (Lipinski definition) is 3. The van der Waals surface area contributed by atoms with E-state index in [0.717, 1.165) is 0 Å². The zero-order valence-electron chi connectivity index (χ0n) is 5.33. The summed E-state index contributed by atoms with van der Waals surface area (Å²) in [7, 11) is -4.67. The molecule has 0 rings (SSSR count). The van der Waals surface area contributed by atoms with Crippen LogP contribution in [-0.2, 0) is 10.4 Å². The fraction of sp³-hybridized carbons (Fsp3) is 0. The fourth-order valence-electron chi connectivity index (χ4n) is 0. The largest absolute Gasteiger partial charge is 1.00 e. The van der Waals surface area contributed by atoms with Crippen LogP contribution in [0.3, 0.4) is 0 Å². The van der Waals surface area contributed by atoms with Gasteiger partial charge >= 0.3 is 29.3 Å². The molecule has 0 aliphatic rings. The summed E-state index contributed by atoms with van der Waals surface area (Å²) in [4.78, 5) is 0. The van der Waals surface area contributed by atoms with Crippen molar-refractivity contribution in [2.24, 2.45) is 0 Å². The van der Waals surface area contributed by atoms with Gasteiger partial charge in [-0.1, -0.05) is 0 Å². The van der Waals surface area contributed by atoms with Gasteiger partial charge in [-0.05, 0) is 0 Å². The molecular weight excluding hydrogens is 133 g/mol. The van der Waals surface area contributed by atoms with Gasteiger partial charge in [0.15, 0.2) is 0 Å². The Morgan fingerprint density at radius 3 is 1.25 bits per heavy atom. The number of hydrogen-bond donors (Lipinski definition) is 3. The van der Waals surface area contributed by atoms with Gasteiger partial charge in [-0.2, -0.15) is 8.42 Å². The third-order valence-electron chi connectivity index (χ3n) is 0. The van der Waals surface area contributed by atoms with Gasteiger partial charge in [-0.3, -0.25) is 9.11 Å². The zero-order chi connectivity index (χ0) is 4.50. The first-order valence-electron chi connectivity index (χ1n) is 0.698. The van der Waals surface area contributed by atoms with E-state index in [-0.39, 0.29) is 31.9 Å². The van der Waals surface area contributed by atoms with Crippen LogP contribution in [-0.4, -0.2) is 23.0 Å².